The van der Waals surface area contributed by atoms with E-state index in [0.717, 1.165) is 17.3 Å². The fraction of sp³-hybridized carbons (Fsp3) is 0.353. The van der Waals surface area contributed by atoms with Crippen molar-refractivity contribution in [2.75, 3.05) is 11.9 Å². The summed E-state index contributed by atoms with van der Waals surface area (Å²) in [5.41, 5.74) is 3.61. The van der Waals surface area contributed by atoms with Crippen molar-refractivity contribution in [2.24, 2.45) is 0 Å². The molecule has 1 fully saturated rings. The van der Waals surface area contributed by atoms with Gasteiger partial charge in [0.25, 0.3) is 0 Å². The minimum absolute atomic E-state index is 0.440. The summed E-state index contributed by atoms with van der Waals surface area (Å²) in [6, 6.07) is 11.2. The molecule has 1 aliphatic rings. The zero-order valence-electron chi connectivity index (χ0n) is 12.4. The summed E-state index contributed by atoms with van der Waals surface area (Å²) in [5.74, 6) is 0. The summed E-state index contributed by atoms with van der Waals surface area (Å²) in [6.07, 6.45) is 2.40. The first kappa shape index (κ1) is 14.5. The molecule has 0 amide bonds. The molecule has 0 unspecified atom stereocenters. The van der Waals surface area contributed by atoms with Crippen molar-refractivity contribution < 1.29 is 0 Å². The molecule has 1 saturated heterocycles. The number of thiocarbonyl (C=S) groups is 1. The maximum atomic E-state index is 5.67. The molecule has 0 bridgehead atoms. The van der Waals surface area contributed by atoms with Crippen LogP contribution in [0.2, 0.25) is 0 Å². The molecule has 1 atom stereocenters. The number of likely N-dealkylation sites (tertiary alicyclic amines) is 1. The van der Waals surface area contributed by atoms with E-state index < -0.39 is 0 Å². The predicted octanol–water partition coefficient (Wildman–Crippen LogP) is 4.90. The van der Waals surface area contributed by atoms with Gasteiger partial charge in [-0.2, -0.15) is 0 Å². The third kappa shape index (κ3) is 3.11. The van der Waals surface area contributed by atoms with Crippen LogP contribution in [0.3, 0.4) is 0 Å². The number of thiophene rings is 1. The molecule has 0 aliphatic carbocycles. The van der Waals surface area contributed by atoms with Gasteiger partial charge < -0.3 is 10.2 Å². The minimum atomic E-state index is 0.440. The van der Waals surface area contributed by atoms with Crippen LogP contribution in [0.5, 0.6) is 0 Å². The SMILES string of the molecule is Cc1ccc(C)c(NC(=S)N2CCC[C@@H]2c2cccs2)c1. The predicted molar refractivity (Wildman–Crippen MR) is 95.1 cm³/mol. The van der Waals surface area contributed by atoms with E-state index in [1.54, 1.807) is 0 Å². The number of nitrogens with one attached hydrogen (secondary N) is 1. The largest absolute Gasteiger partial charge is 0.341 e. The molecule has 4 heteroatoms. The van der Waals surface area contributed by atoms with Crippen LogP contribution in [-0.4, -0.2) is 16.6 Å². The topological polar surface area (TPSA) is 15.3 Å². The van der Waals surface area contributed by atoms with Crippen LogP contribution >= 0.6 is 23.6 Å². The fourth-order valence-corrected chi connectivity index (χ4v) is 4.05. The third-order valence-electron chi connectivity index (χ3n) is 4.02. The van der Waals surface area contributed by atoms with Crippen molar-refractivity contribution in [3.8, 4) is 0 Å². The Hall–Kier alpha value is -1.39. The lowest BCUT2D eigenvalue weighted by Crippen LogP contribution is -2.34. The first-order chi connectivity index (χ1) is 10.1. The molecule has 0 spiro atoms. The number of hydrogen-bond acceptors (Lipinski definition) is 2. The maximum Gasteiger partial charge on any atom is 0.173 e. The highest BCUT2D eigenvalue weighted by Crippen LogP contribution is 2.35. The zero-order chi connectivity index (χ0) is 14.8. The van der Waals surface area contributed by atoms with Gasteiger partial charge in [0, 0.05) is 17.1 Å². The van der Waals surface area contributed by atoms with Gasteiger partial charge in [0.15, 0.2) is 5.11 Å². The van der Waals surface area contributed by atoms with Gasteiger partial charge in [-0.1, -0.05) is 18.2 Å². The van der Waals surface area contributed by atoms with Crippen LogP contribution in [0, 0.1) is 13.8 Å². The molecule has 1 aliphatic heterocycles. The molecule has 2 nitrogen and oxygen atoms in total. The van der Waals surface area contributed by atoms with Gasteiger partial charge in [0.2, 0.25) is 0 Å². The van der Waals surface area contributed by atoms with Crippen molar-refractivity contribution in [1.29, 1.82) is 0 Å². The van der Waals surface area contributed by atoms with E-state index in [0.29, 0.717) is 6.04 Å². The Kier molecular flexibility index (Phi) is 4.27. The number of anilines is 1. The van der Waals surface area contributed by atoms with E-state index in [-0.39, 0.29) is 0 Å². The Morgan fingerprint density at radius 1 is 1.33 bits per heavy atom. The van der Waals surface area contributed by atoms with Crippen LogP contribution in [0.15, 0.2) is 35.7 Å². The van der Waals surface area contributed by atoms with E-state index in [1.807, 2.05) is 11.3 Å². The van der Waals surface area contributed by atoms with Gasteiger partial charge in [0.05, 0.1) is 6.04 Å². The second kappa shape index (κ2) is 6.16. The fourth-order valence-electron chi connectivity index (χ4n) is 2.84. The van der Waals surface area contributed by atoms with Crippen LogP contribution < -0.4 is 5.32 Å². The second-order valence-corrected chi connectivity index (χ2v) is 6.98. The number of nitrogens with zero attached hydrogens (tertiary/aromatic N) is 1. The molecular formula is C17H20N2S2. The molecule has 1 aromatic heterocycles. The Morgan fingerprint density at radius 3 is 2.95 bits per heavy atom. The molecular weight excluding hydrogens is 296 g/mol. The normalized spacial score (nSPS) is 18.0. The molecule has 1 N–H and O–H groups in total. The average molecular weight is 316 g/mol. The quantitative estimate of drug-likeness (QED) is 0.793. The summed E-state index contributed by atoms with van der Waals surface area (Å²) >= 11 is 7.49. The van der Waals surface area contributed by atoms with E-state index in [9.17, 15) is 0 Å². The standard InChI is InChI=1S/C17H20N2S2/c1-12-7-8-13(2)14(11-12)18-17(20)19-9-3-5-15(19)16-6-4-10-21-16/h4,6-8,10-11,15H,3,5,9H2,1-2H3,(H,18,20)/t15-/m1/s1. The van der Waals surface area contributed by atoms with E-state index in [1.165, 1.54) is 28.8 Å². The first-order valence-corrected chi connectivity index (χ1v) is 8.62. The van der Waals surface area contributed by atoms with Crippen molar-refractivity contribution in [2.45, 2.75) is 32.7 Å². The zero-order valence-corrected chi connectivity index (χ0v) is 14.1. The maximum absolute atomic E-state index is 5.67. The van der Waals surface area contributed by atoms with Crippen molar-refractivity contribution in [3.63, 3.8) is 0 Å². The molecule has 1 aromatic carbocycles. The third-order valence-corrected chi connectivity index (χ3v) is 5.33. The molecule has 3 rings (SSSR count). The summed E-state index contributed by atoms with van der Waals surface area (Å²) in [4.78, 5) is 3.75. The van der Waals surface area contributed by atoms with Crippen molar-refractivity contribution in [1.82, 2.24) is 4.90 Å². The highest BCUT2D eigenvalue weighted by atomic mass is 32.1. The van der Waals surface area contributed by atoms with Gasteiger partial charge in [-0.15, -0.1) is 11.3 Å². The smallest absolute Gasteiger partial charge is 0.173 e. The second-order valence-electron chi connectivity index (χ2n) is 5.62. The van der Waals surface area contributed by atoms with Gasteiger partial charge >= 0.3 is 0 Å². The Labute approximate surface area is 135 Å². The number of benzene rings is 1. The molecule has 2 heterocycles. The Morgan fingerprint density at radius 2 is 2.19 bits per heavy atom. The molecule has 110 valence electrons. The van der Waals surface area contributed by atoms with Gasteiger partial charge in [0.1, 0.15) is 0 Å². The van der Waals surface area contributed by atoms with Crippen LogP contribution in [0.1, 0.15) is 34.9 Å². The van der Waals surface area contributed by atoms with E-state index >= 15 is 0 Å². The molecule has 21 heavy (non-hydrogen) atoms. The van der Waals surface area contributed by atoms with E-state index in [2.05, 4.69) is 59.8 Å². The number of hydrogen-bond donors (Lipinski definition) is 1. The lowest BCUT2D eigenvalue weighted by atomic mass is 10.1. The lowest BCUT2D eigenvalue weighted by Gasteiger charge is -2.27. The van der Waals surface area contributed by atoms with Crippen LogP contribution in [-0.2, 0) is 0 Å². The summed E-state index contributed by atoms with van der Waals surface area (Å²) < 4.78 is 0. The summed E-state index contributed by atoms with van der Waals surface area (Å²) in [6.45, 7) is 5.27. The lowest BCUT2D eigenvalue weighted by molar-refractivity contribution is 0.412. The highest BCUT2D eigenvalue weighted by molar-refractivity contribution is 7.80. The van der Waals surface area contributed by atoms with Crippen molar-refractivity contribution in [3.05, 3.63) is 51.7 Å². The van der Waals surface area contributed by atoms with Crippen LogP contribution in [0.4, 0.5) is 5.69 Å². The number of aryl methyl sites for hydroxylation is 2. The molecule has 2 aromatic rings. The highest BCUT2D eigenvalue weighted by Gasteiger charge is 2.28. The number of rotatable bonds is 2. The summed E-state index contributed by atoms with van der Waals surface area (Å²) in [5, 5.41) is 6.44. The molecule has 0 radical (unpaired) electrons. The van der Waals surface area contributed by atoms with Gasteiger partial charge in [-0.05, 0) is 67.5 Å². The van der Waals surface area contributed by atoms with Crippen molar-refractivity contribution >= 4 is 34.4 Å². The average Bonchev–Trinajstić information content (AvgIpc) is 3.12. The minimum Gasteiger partial charge on any atom is -0.341 e. The van der Waals surface area contributed by atoms with Gasteiger partial charge in [-0.25, -0.2) is 0 Å². The first-order valence-electron chi connectivity index (χ1n) is 7.33. The van der Waals surface area contributed by atoms with Crippen LogP contribution in [0.25, 0.3) is 0 Å². The Bertz CT molecular complexity index is 634. The monoisotopic (exact) mass is 316 g/mol. The van der Waals surface area contributed by atoms with Gasteiger partial charge in [-0.3, -0.25) is 0 Å². The molecule has 0 saturated carbocycles. The van der Waals surface area contributed by atoms with E-state index in [4.69, 9.17) is 12.2 Å². The summed E-state index contributed by atoms with van der Waals surface area (Å²) in [7, 11) is 0. The Balaban J connectivity index is 1.77.